The van der Waals surface area contributed by atoms with Crippen LogP contribution in [-0.4, -0.2) is 24.0 Å². The van der Waals surface area contributed by atoms with Crippen LogP contribution < -0.4 is 4.74 Å². The van der Waals surface area contributed by atoms with Crippen molar-refractivity contribution in [2.75, 3.05) is 13.2 Å². The van der Waals surface area contributed by atoms with Crippen molar-refractivity contribution in [1.82, 2.24) is 4.90 Å². The summed E-state index contributed by atoms with van der Waals surface area (Å²) < 4.78 is 19.3. The van der Waals surface area contributed by atoms with Gasteiger partial charge in [-0.1, -0.05) is 30.3 Å². The first-order chi connectivity index (χ1) is 9.75. The van der Waals surface area contributed by atoms with Crippen LogP contribution in [0.5, 0.6) is 5.75 Å². The van der Waals surface area contributed by atoms with Gasteiger partial charge in [0, 0.05) is 12.1 Å². The minimum Gasteiger partial charge on any atom is -0.491 e. The smallest absolute Gasteiger partial charge is 0.257 e. The third-order valence-corrected chi connectivity index (χ3v) is 3.34. The predicted molar refractivity (Wildman–Crippen MR) is 73.1 cm³/mol. The number of benzene rings is 2. The zero-order valence-corrected chi connectivity index (χ0v) is 10.9. The van der Waals surface area contributed by atoms with Crippen molar-refractivity contribution in [1.29, 1.82) is 0 Å². The van der Waals surface area contributed by atoms with E-state index in [1.165, 1.54) is 12.1 Å². The number of ether oxygens (including phenoxy) is 1. The molecule has 20 heavy (non-hydrogen) atoms. The van der Waals surface area contributed by atoms with Crippen molar-refractivity contribution in [3.05, 3.63) is 65.5 Å². The topological polar surface area (TPSA) is 29.5 Å². The number of hydrogen-bond acceptors (Lipinski definition) is 2. The van der Waals surface area contributed by atoms with E-state index in [4.69, 9.17) is 4.74 Å². The van der Waals surface area contributed by atoms with Gasteiger partial charge < -0.3 is 9.64 Å². The van der Waals surface area contributed by atoms with Crippen molar-refractivity contribution in [2.45, 2.75) is 6.54 Å². The van der Waals surface area contributed by atoms with Crippen LogP contribution in [0, 0.1) is 5.82 Å². The van der Waals surface area contributed by atoms with E-state index < -0.39 is 5.82 Å². The van der Waals surface area contributed by atoms with Gasteiger partial charge in [-0.3, -0.25) is 4.79 Å². The molecule has 0 radical (unpaired) electrons. The fraction of sp³-hybridized carbons (Fsp3) is 0.188. The van der Waals surface area contributed by atoms with Gasteiger partial charge in [0.2, 0.25) is 0 Å². The highest BCUT2D eigenvalue weighted by Crippen LogP contribution is 2.23. The lowest BCUT2D eigenvalue weighted by Crippen LogP contribution is -2.33. The zero-order valence-electron chi connectivity index (χ0n) is 10.9. The quantitative estimate of drug-likeness (QED) is 0.798. The Hall–Kier alpha value is -2.36. The first-order valence-electron chi connectivity index (χ1n) is 6.50. The zero-order chi connectivity index (χ0) is 13.9. The number of carbonyl (C=O) groups excluding carboxylic acids is 1. The molecular formula is C16H14FNO2. The van der Waals surface area contributed by atoms with Crippen LogP contribution in [-0.2, 0) is 6.54 Å². The Morgan fingerprint density at radius 1 is 1.10 bits per heavy atom. The summed E-state index contributed by atoms with van der Waals surface area (Å²) in [5, 5.41) is 0. The molecule has 1 aliphatic rings. The molecule has 0 unspecified atom stereocenters. The Morgan fingerprint density at radius 3 is 2.70 bits per heavy atom. The molecule has 0 aromatic heterocycles. The second-order valence-electron chi connectivity index (χ2n) is 4.66. The first kappa shape index (κ1) is 12.7. The predicted octanol–water partition coefficient (Wildman–Crippen LogP) is 2.86. The summed E-state index contributed by atoms with van der Waals surface area (Å²) in [5.41, 5.74) is 1.04. The standard InChI is InChI=1S/C16H14FNO2/c17-14-7-3-2-6-13(14)16(19)18-9-10-20-15-8-4-1-5-12(15)11-18/h1-8H,9-11H2. The Balaban J connectivity index is 1.88. The number of carbonyl (C=O) groups is 1. The number of amides is 1. The van der Waals surface area contributed by atoms with Crippen LogP contribution in [0.1, 0.15) is 15.9 Å². The second kappa shape index (κ2) is 5.33. The first-order valence-corrected chi connectivity index (χ1v) is 6.50. The Morgan fingerprint density at radius 2 is 1.85 bits per heavy atom. The van der Waals surface area contributed by atoms with E-state index in [2.05, 4.69) is 0 Å². The van der Waals surface area contributed by atoms with E-state index in [1.807, 2.05) is 24.3 Å². The summed E-state index contributed by atoms with van der Waals surface area (Å²) in [6.07, 6.45) is 0. The van der Waals surface area contributed by atoms with Gasteiger partial charge in [0.1, 0.15) is 18.2 Å². The summed E-state index contributed by atoms with van der Waals surface area (Å²) in [7, 11) is 0. The highest BCUT2D eigenvalue weighted by molar-refractivity contribution is 5.94. The monoisotopic (exact) mass is 271 g/mol. The van der Waals surface area contributed by atoms with Crippen LogP contribution in [0.4, 0.5) is 4.39 Å². The molecule has 0 bridgehead atoms. The van der Waals surface area contributed by atoms with Crippen molar-refractivity contribution >= 4 is 5.91 Å². The highest BCUT2D eigenvalue weighted by atomic mass is 19.1. The number of hydrogen-bond donors (Lipinski definition) is 0. The molecule has 3 nitrogen and oxygen atoms in total. The van der Waals surface area contributed by atoms with Crippen molar-refractivity contribution < 1.29 is 13.9 Å². The molecule has 0 saturated heterocycles. The van der Waals surface area contributed by atoms with E-state index in [9.17, 15) is 9.18 Å². The van der Waals surface area contributed by atoms with E-state index in [1.54, 1.807) is 17.0 Å². The third-order valence-electron chi connectivity index (χ3n) is 3.34. The van der Waals surface area contributed by atoms with Crippen molar-refractivity contribution in [2.24, 2.45) is 0 Å². The fourth-order valence-corrected chi connectivity index (χ4v) is 2.30. The van der Waals surface area contributed by atoms with Gasteiger partial charge in [-0.25, -0.2) is 4.39 Å². The second-order valence-corrected chi connectivity index (χ2v) is 4.66. The van der Waals surface area contributed by atoms with Crippen LogP contribution in [0.3, 0.4) is 0 Å². The van der Waals surface area contributed by atoms with Gasteiger partial charge in [0.05, 0.1) is 12.1 Å². The van der Waals surface area contributed by atoms with Gasteiger partial charge in [-0.15, -0.1) is 0 Å². The molecule has 0 fully saturated rings. The Kier molecular flexibility index (Phi) is 3.37. The summed E-state index contributed by atoms with van der Waals surface area (Å²) >= 11 is 0. The van der Waals surface area contributed by atoms with E-state index >= 15 is 0 Å². The Labute approximate surface area is 116 Å². The number of halogens is 1. The molecule has 0 atom stereocenters. The average Bonchev–Trinajstić information content (AvgIpc) is 2.69. The maximum atomic E-state index is 13.7. The molecule has 4 heteroatoms. The van der Waals surface area contributed by atoms with Gasteiger partial charge in [0.25, 0.3) is 5.91 Å². The molecule has 1 aliphatic heterocycles. The number of rotatable bonds is 1. The maximum absolute atomic E-state index is 13.7. The molecule has 1 amide bonds. The van der Waals surface area contributed by atoms with E-state index in [0.29, 0.717) is 19.7 Å². The highest BCUT2D eigenvalue weighted by Gasteiger charge is 2.22. The van der Waals surface area contributed by atoms with E-state index in [0.717, 1.165) is 11.3 Å². The number of nitrogens with zero attached hydrogens (tertiary/aromatic N) is 1. The number of para-hydroxylation sites is 1. The lowest BCUT2D eigenvalue weighted by molar-refractivity contribution is 0.0728. The van der Waals surface area contributed by atoms with Crippen molar-refractivity contribution in [3.63, 3.8) is 0 Å². The summed E-state index contributed by atoms with van der Waals surface area (Å²) in [6.45, 7) is 1.29. The molecule has 0 N–H and O–H groups in total. The molecule has 3 rings (SSSR count). The van der Waals surface area contributed by atoms with Crippen LogP contribution in [0.25, 0.3) is 0 Å². The molecule has 1 heterocycles. The Bertz CT molecular complexity index is 642. The van der Waals surface area contributed by atoms with Gasteiger partial charge in [-0.05, 0) is 18.2 Å². The molecule has 0 aliphatic carbocycles. The molecule has 102 valence electrons. The van der Waals surface area contributed by atoms with Gasteiger partial charge in [-0.2, -0.15) is 0 Å². The minimum absolute atomic E-state index is 0.104. The molecular weight excluding hydrogens is 257 g/mol. The van der Waals surface area contributed by atoms with Crippen LogP contribution in [0.15, 0.2) is 48.5 Å². The van der Waals surface area contributed by atoms with E-state index in [-0.39, 0.29) is 11.5 Å². The number of fused-ring (bicyclic) bond motifs is 1. The largest absolute Gasteiger partial charge is 0.491 e. The minimum atomic E-state index is -0.490. The SMILES string of the molecule is O=C(c1ccccc1F)N1CCOc2ccccc2C1. The molecule has 0 saturated carbocycles. The maximum Gasteiger partial charge on any atom is 0.257 e. The van der Waals surface area contributed by atoms with Crippen LogP contribution in [0.2, 0.25) is 0 Å². The summed E-state index contributed by atoms with van der Waals surface area (Å²) in [6, 6.07) is 13.7. The normalized spacial score (nSPS) is 14.2. The third kappa shape index (κ3) is 2.37. The lowest BCUT2D eigenvalue weighted by Gasteiger charge is -2.20. The molecule has 2 aromatic rings. The van der Waals surface area contributed by atoms with Gasteiger partial charge >= 0.3 is 0 Å². The summed E-state index contributed by atoms with van der Waals surface area (Å²) in [4.78, 5) is 14.0. The molecule has 2 aromatic carbocycles. The lowest BCUT2D eigenvalue weighted by atomic mass is 10.1. The average molecular weight is 271 g/mol. The van der Waals surface area contributed by atoms with Crippen molar-refractivity contribution in [3.8, 4) is 5.75 Å². The molecule has 0 spiro atoms. The van der Waals surface area contributed by atoms with Crippen LogP contribution >= 0.6 is 0 Å². The fourth-order valence-electron chi connectivity index (χ4n) is 2.30. The van der Waals surface area contributed by atoms with Gasteiger partial charge in [0.15, 0.2) is 0 Å². The summed E-state index contributed by atoms with van der Waals surface area (Å²) in [5.74, 6) is -0.00399.